The van der Waals surface area contributed by atoms with Gasteiger partial charge in [0, 0.05) is 37.4 Å². The van der Waals surface area contributed by atoms with Crippen molar-refractivity contribution in [3.63, 3.8) is 0 Å². The minimum Gasteiger partial charge on any atom is -0.308 e. The van der Waals surface area contributed by atoms with Crippen LogP contribution >= 0.6 is 0 Å². The second-order valence-corrected chi connectivity index (χ2v) is 12.7. The fraction of sp³-hybridized carbons (Fsp3) is 0.435. The van der Waals surface area contributed by atoms with Gasteiger partial charge in [-0.2, -0.15) is 4.31 Å². The van der Waals surface area contributed by atoms with E-state index in [9.17, 15) is 21.6 Å². The number of carbonyl (C=O) groups is 1. The van der Waals surface area contributed by atoms with E-state index in [2.05, 4.69) is 0 Å². The maximum Gasteiger partial charge on any atom is 0.258 e. The number of rotatable bonds is 4. The van der Waals surface area contributed by atoms with Crippen molar-refractivity contribution in [2.24, 2.45) is 0 Å². The molecule has 5 rings (SSSR count). The van der Waals surface area contributed by atoms with Crippen molar-refractivity contribution in [1.82, 2.24) is 4.31 Å². The molecule has 2 saturated heterocycles. The summed E-state index contributed by atoms with van der Waals surface area (Å²) in [5.41, 5.74) is 2.63. The molecule has 2 fully saturated rings. The molecule has 3 aliphatic rings. The molecule has 0 atom stereocenters. The number of fused-ring (bicyclic) bond motifs is 1. The van der Waals surface area contributed by atoms with Crippen LogP contribution in [0.2, 0.25) is 0 Å². The highest BCUT2D eigenvalue weighted by atomic mass is 32.2. The third-order valence-electron chi connectivity index (χ3n) is 6.62. The van der Waals surface area contributed by atoms with Gasteiger partial charge in [0.15, 0.2) is 0 Å². The third kappa shape index (κ3) is 4.04. The Morgan fingerprint density at radius 3 is 2.24 bits per heavy atom. The van der Waals surface area contributed by atoms with Crippen LogP contribution < -0.4 is 9.21 Å². The summed E-state index contributed by atoms with van der Waals surface area (Å²) in [6, 6.07) is 11.7. The number of anilines is 2. The fourth-order valence-corrected chi connectivity index (χ4v) is 8.01. The molecule has 33 heavy (non-hydrogen) atoms. The molecular formula is C23H27N3O5S2. The summed E-state index contributed by atoms with van der Waals surface area (Å²) in [5.74, 6) is -0.0322. The van der Waals surface area contributed by atoms with Crippen LogP contribution in [0.25, 0.3) is 0 Å². The molecule has 0 unspecified atom stereocenters. The first-order valence-corrected chi connectivity index (χ1v) is 14.4. The maximum atomic E-state index is 13.3. The second kappa shape index (κ2) is 8.41. The predicted molar refractivity (Wildman–Crippen MR) is 127 cm³/mol. The van der Waals surface area contributed by atoms with Crippen LogP contribution in [-0.4, -0.2) is 59.0 Å². The average molecular weight is 490 g/mol. The highest BCUT2D eigenvalue weighted by molar-refractivity contribution is 7.93. The zero-order valence-corrected chi connectivity index (χ0v) is 19.9. The Kier molecular flexibility index (Phi) is 5.70. The van der Waals surface area contributed by atoms with Crippen LogP contribution in [0, 0.1) is 0 Å². The van der Waals surface area contributed by atoms with E-state index in [-0.39, 0.29) is 16.6 Å². The molecule has 2 aromatic carbocycles. The third-order valence-corrected chi connectivity index (χ3v) is 10.4. The van der Waals surface area contributed by atoms with Crippen LogP contribution in [-0.2, 0) is 26.5 Å². The second-order valence-electron chi connectivity index (χ2n) is 8.75. The van der Waals surface area contributed by atoms with Gasteiger partial charge in [0.05, 0.1) is 16.3 Å². The lowest BCUT2D eigenvalue weighted by molar-refractivity contribution is 0.0985. The zero-order chi connectivity index (χ0) is 23.2. The lowest BCUT2D eigenvalue weighted by Crippen LogP contribution is -2.36. The van der Waals surface area contributed by atoms with Crippen molar-refractivity contribution in [3.8, 4) is 0 Å². The number of benzene rings is 2. The number of hydrogen-bond donors (Lipinski definition) is 0. The van der Waals surface area contributed by atoms with Gasteiger partial charge in [0.2, 0.25) is 20.0 Å². The molecule has 1 amide bonds. The number of amides is 1. The van der Waals surface area contributed by atoms with Crippen molar-refractivity contribution < 1.29 is 21.6 Å². The van der Waals surface area contributed by atoms with Crippen molar-refractivity contribution in [2.45, 2.75) is 37.0 Å². The lowest BCUT2D eigenvalue weighted by Gasteiger charge is -2.30. The van der Waals surface area contributed by atoms with Crippen molar-refractivity contribution >= 4 is 37.3 Å². The molecule has 0 aliphatic carbocycles. The van der Waals surface area contributed by atoms with Gasteiger partial charge in [-0.05, 0) is 80.1 Å². The quantitative estimate of drug-likeness (QED) is 0.658. The Morgan fingerprint density at radius 2 is 1.58 bits per heavy atom. The van der Waals surface area contributed by atoms with E-state index in [1.807, 2.05) is 0 Å². The van der Waals surface area contributed by atoms with Crippen LogP contribution in [0.4, 0.5) is 11.4 Å². The molecule has 0 radical (unpaired) electrons. The van der Waals surface area contributed by atoms with Gasteiger partial charge in [-0.15, -0.1) is 0 Å². The molecule has 3 heterocycles. The summed E-state index contributed by atoms with van der Waals surface area (Å²) >= 11 is 0. The Labute approximate surface area is 194 Å². The summed E-state index contributed by atoms with van der Waals surface area (Å²) in [4.78, 5) is 15.3. The SMILES string of the molecule is O=C(c1ccc(N2CCCS2(=O)=O)cc1)N1CCCc2cc(S(=O)(=O)N3CCCC3)ccc21. The smallest absolute Gasteiger partial charge is 0.258 e. The standard InChI is InChI=1S/C23H27N3O5S2/c27-23(18-6-8-20(9-7-18)26-15-4-16-32(26,28)29)25-14-3-5-19-17-21(10-11-22(19)25)33(30,31)24-12-1-2-13-24/h6-11,17H,1-5,12-16H2. The van der Waals surface area contributed by atoms with Crippen molar-refractivity contribution in [3.05, 3.63) is 53.6 Å². The Hall–Kier alpha value is -2.43. The number of hydrogen-bond acceptors (Lipinski definition) is 5. The molecular weight excluding hydrogens is 462 g/mol. The number of aryl methyl sites for hydroxylation is 1. The van der Waals surface area contributed by atoms with Gasteiger partial charge < -0.3 is 4.90 Å². The fourth-order valence-electron chi connectivity index (χ4n) is 4.88. The molecule has 0 saturated carbocycles. The Balaban J connectivity index is 1.39. The molecule has 0 bridgehead atoms. The predicted octanol–water partition coefficient (Wildman–Crippen LogP) is 2.60. The van der Waals surface area contributed by atoms with Crippen LogP contribution in [0.15, 0.2) is 47.4 Å². The highest BCUT2D eigenvalue weighted by Crippen LogP contribution is 2.33. The minimum absolute atomic E-state index is 0.147. The van der Waals surface area contributed by atoms with E-state index >= 15 is 0 Å². The topological polar surface area (TPSA) is 95.1 Å². The number of nitrogens with zero attached hydrogens (tertiary/aromatic N) is 3. The molecule has 176 valence electrons. The first-order chi connectivity index (χ1) is 15.8. The first kappa shape index (κ1) is 22.4. The van der Waals surface area contributed by atoms with Gasteiger partial charge in [-0.3, -0.25) is 9.10 Å². The van der Waals surface area contributed by atoms with E-state index in [0.29, 0.717) is 50.3 Å². The van der Waals surface area contributed by atoms with E-state index in [0.717, 1.165) is 30.5 Å². The largest absolute Gasteiger partial charge is 0.308 e. The van der Waals surface area contributed by atoms with Crippen LogP contribution in [0.1, 0.15) is 41.6 Å². The van der Waals surface area contributed by atoms with Crippen LogP contribution in [0.3, 0.4) is 0 Å². The summed E-state index contributed by atoms with van der Waals surface area (Å²) in [5, 5.41) is 0. The first-order valence-electron chi connectivity index (χ1n) is 11.3. The molecule has 0 N–H and O–H groups in total. The molecule has 8 nitrogen and oxygen atoms in total. The molecule has 3 aliphatic heterocycles. The minimum atomic E-state index is -3.51. The van der Waals surface area contributed by atoms with E-state index < -0.39 is 20.0 Å². The summed E-state index contributed by atoms with van der Waals surface area (Å²) in [6.07, 6.45) is 3.83. The van der Waals surface area contributed by atoms with E-state index in [1.54, 1.807) is 47.4 Å². The number of sulfonamides is 2. The molecule has 2 aromatic rings. The van der Waals surface area contributed by atoms with Gasteiger partial charge in [-0.1, -0.05) is 0 Å². The van der Waals surface area contributed by atoms with E-state index in [4.69, 9.17) is 0 Å². The van der Waals surface area contributed by atoms with Crippen molar-refractivity contribution in [2.75, 3.05) is 41.1 Å². The highest BCUT2D eigenvalue weighted by Gasteiger charge is 2.31. The van der Waals surface area contributed by atoms with Crippen LogP contribution in [0.5, 0.6) is 0 Å². The Bertz CT molecular complexity index is 1280. The summed E-state index contributed by atoms with van der Waals surface area (Å²) < 4.78 is 53.1. The van der Waals surface area contributed by atoms with Gasteiger partial charge in [-0.25, -0.2) is 16.8 Å². The summed E-state index contributed by atoms with van der Waals surface area (Å²) in [6.45, 7) is 2.11. The maximum absolute atomic E-state index is 13.3. The molecule has 0 spiro atoms. The average Bonchev–Trinajstić information content (AvgIpc) is 3.48. The zero-order valence-electron chi connectivity index (χ0n) is 18.3. The van der Waals surface area contributed by atoms with Gasteiger partial charge in [0.25, 0.3) is 5.91 Å². The van der Waals surface area contributed by atoms with Gasteiger partial charge in [0.1, 0.15) is 0 Å². The lowest BCUT2D eigenvalue weighted by atomic mass is 10.0. The molecule has 0 aromatic heterocycles. The normalized spacial score (nSPS) is 20.7. The van der Waals surface area contributed by atoms with Gasteiger partial charge >= 0.3 is 0 Å². The number of carbonyl (C=O) groups excluding carboxylic acids is 1. The summed E-state index contributed by atoms with van der Waals surface area (Å²) in [7, 11) is -6.78. The Morgan fingerprint density at radius 1 is 0.848 bits per heavy atom. The van der Waals surface area contributed by atoms with Crippen molar-refractivity contribution in [1.29, 1.82) is 0 Å². The van der Waals surface area contributed by atoms with E-state index in [1.165, 1.54) is 8.61 Å². The molecule has 10 heteroatoms. The monoisotopic (exact) mass is 489 g/mol.